The van der Waals surface area contributed by atoms with E-state index < -0.39 is 10.0 Å². The van der Waals surface area contributed by atoms with Crippen molar-refractivity contribution in [1.82, 2.24) is 23.6 Å². The van der Waals surface area contributed by atoms with Crippen LogP contribution >= 0.6 is 23.4 Å². The van der Waals surface area contributed by atoms with Gasteiger partial charge in [0.2, 0.25) is 10.0 Å². The van der Waals surface area contributed by atoms with Crippen LogP contribution < -0.4 is 0 Å². The van der Waals surface area contributed by atoms with Crippen LogP contribution in [0.1, 0.15) is 12.8 Å². The molecular weight excluding hydrogens is 382 g/mol. The molecule has 3 heterocycles. The van der Waals surface area contributed by atoms with E-state index in [1.165, 1.54) is 10.9 Å². The van der Waals surface area contributed by atoms with E-state index in [4.69, 9.17) is 11.6 Å². The molecule has 2 aromatic rings. The van der Waals surface area contributed by atoms with Crippen molar-refractivity contribution in [2.45, 2.75) is 28.1 Å². The van der Waals surface area contributed by atoms with E-state index in [2.05, 4.69) is 10.1 Å². The molecule has 2 fully saturated rings. The normalized spacial score (nSPS) is 27.1. The molecule has 1 unspecified atom stereocenters. The Bertz CT molecular complexity index is 880. The molecule has 0 N–H and O–H groups in total. The summed E-state index contributed by atoms with van der Waals surface area (Å²) < 4.78 is 30.7. The smallest absolute Gasteiger partial charge is 0.247 e. The van der Waals surface area contributed by atoms with Gasteiger partial charge in [0.1, 0.15) is 10.0 Å². The van der Waals surface area contributed by atoms with E-state index in [1.54, 1.807) is 23.1 Å². The zero-order chi connectivity index (χ0) is 17.8. The minimum Gasteiger partial charge on any atom is -0.329 e. The van der Waals surface area contributed by atoms with Crippen LogP contribution in [0.2, 0.25) is 5.15 Å². The Labute approximate surface area is 156 Å². The molecule has 0 spiro atoms. The van der Waals surface area contributed by atoms with Crippen molar-refractivity contribution in [3.8, 4) is 0 Å². The quantitative estimate of drug-likeness (QED) is 0.783. The topological polar surface area (TPSA) is 73.0 Å². The summed E-state index contributed by atoms with van der Waals surface area (Å²) in [5.74, 6) is 0.811. The Balaban J connectivity index is 1.44. The third-order valence-corrected chi connectivity index (χ3v) is 8.89. The van der Waals surface area contributed by atoms with Crippen LogP contribution in [0, 0.1) is 11.8 Å². The molecule has 1 aliphatic heterocycles. The van der Waals surface area contributed by atoms with Gasteiger partial charge in [-0.1, -0.05) is 23.4 Å². The molecule has 10 heteroatoms. The number of hydrogen-bond donors (Lipinski definition) is 0. The molecule has 0 aromatic carbocycles. The molecule has 1 saturated carbocycles. The van der Waals surface area contributed by atoms with Crippen LogP contribution in [0.4, 0.5) is 0 Å². The van der Waals surface area contributed by atoms with Crippen LogP contribution in [0.15, 0.2) is 28.6 Å². The highest BCUT2D eigenvalue weighted by Crippen LogP contribution is 2.46. The lowest BCUT2D eigenvalue weighted by Gasteiger charge is -2.18. The van der Waals surface area contributed by atoms with Crippen LogP contribution in [-0.4, -0.2) is 50.4 Å². The van der Waals surface area contributed by atoms with Gasteiger partial charge in [-0.15, -0.1) is 0 Å². The number of halogens is 1. The molecule has 1 saturated heterocycles. The minimum atomic E-state index is -3.57. The standard InChI is InChI=1S/C15H20ClN5O2S2/c1-19-4-3-17-15(19)24-12-5-10-8-21(9-11(10)6-12)25(22,23)13-7-18-20(2)14(13)16/h3-4,7,10-12H,5-6,8-9H2,1-2H3/t10-,11+,12?. The minimum absolute atomic E-state index is 0.107. The van der Waals surface area contributed by atoms with Crippen LogP contribution in [-0.2, 0) is 24.1 Å². The highest BCUT2D eigenvalue weighted by Gasteiger charge is 2.46. The molecule has 1 aliphatic carbocycles. The summed E-state index contributed by atoms with van der Waals surface area (Å²) in [7, 11) is 0.0656. The van der Waals surface area contributed by atoms with Gasteiger partial charge in [-0.2, -0.15) is 9.40 Å². The predicted octanol–water partition coefficient (Wildman–Crippen LogP) is 2.00. The third-order valence-electron chi connectivity index (χ3n) is 5.18. The number of thioether (sulfide) groups is 1. The van der Waals surface area contributed by atoms with Gasteiger partial charge in [0, 0.05) is 44.8 Å². The van der Waals surface area contributed by atoms with Crippen molar-refractivity contribution in [3.05, 3.63) is 23.7 Å². The average Bonchev–Trinajstić information content (AvgIpc) is 3.27. The van der Waals surface area contributed by atoms with E-state index in [0.29, 0.717) is 30.2 Å². The number of imidazole rings is 1. The molecule has 0 amide bonds. The van der Waals surface area contributed by atoms with Gasteiger partial charge in [-0.05, 0) is 24.7 Å². The highest BCUT2D eigenvalue weighted by molar-refractivity contribution is 7.99. The van der Waals surface area contributed by atoms with Crippen molar-refractivity contribution in [1.29, 1.82) is 0 Å². The number of nitrogens with zero attached hydrogens (tertiary/aromatic N) is 5. The Hall–Kier alpha value is -1.03. The molecule has 2 aliphatic rings. The molecule has 7 nitrogen and oxygen atoms in total. The first-order valence-corrected chi connectivity index (χ1v) is 10.9. The second-order valence-corrected chi connectivity index (χ2v) is 10.3. The Kier molecular flexibility index (Phi) is 4.38. The van der Waals surface area contributed by atoms with E-state index in [0.717, 1.165) is 18.0 Å². The first kappa shape index (κ1) is 17.4. The average molecular weight is 402 g/mol. The molecular formula is C15H20ClN5O2S2. The SMILES string of the molecule is Cn1ccnc1SC1C[C@@H]2CN(S(=O)(=O)c3cnn(C)c3Cl)C[C@@H]2C1. The summed E-state index contributed by atoms with van der Waals surface area (Å²) in [5, 5.41) is 5.65. The second kappa shape index (κ2) is 6.29. The van der Waals surface area contributed by atoms with Gasteiger partial charge in [-0.25, -0.2) is 13.4 Å². The van der Waals surface area contributed by atoms with Crippen LogP contribution in [0.3, 0.4) is 0 Å². The second-order valence-electron chi connectivity index (χ2n) is 6.80. The number of rotatable bonds is 4. The number of fused-ring (bicyclic) bond motifs is 1. The highest BCUT2D eigenvalue weighted by atomic mass is 35.5. The zero-order valence-corrected chi connectivity index (χ0v) is 16.4. The summed E-state index contributed by atoms with van der Waals surface area (Å²) in [6.07, 6.45) is 7.14. The first-order valence-electron chi connectivity index (χ1n) is 8.18. The zero-order valence-electron chi connectivity index (χ0n) is 14.0. The lowest BCUT2D eigenvalue weighted by Crippen LogP contribution is -2.30. The Morgan fingerprint density at radius 2 is 1.92 bits per heavy atom. The molecule has 0 bridgehead atoms. The fourth-order valence-corrected chi connectivity index (χ4v) is 7.12. The van der Waals surface area contributed by atoms with Crippen molar-refractivity contribution in [2.24, 2.45) is 25.9 Å². The summed E-state index contributed by atoms with van der Waals surface area (Å²) in [4.78, 5) is 4.48. The lowest BCUT2D eigenvalue weighted by molar-refractivity contribution is 0.446. The maximum absolute atomic E-state index is 12.9. The van der Waals surface area contributed by atoms with Gasteiger partial charge in [0.05, 0.1) is 6.20 Å². The van der Waals surface area contributed by atoms with E-state index in [9.17, 15) is 8.42 Å². The van der Waals surface area contributed by atoms with Gasteiger partial charge >= 0.3 is 0 Å². The van der Waals surface area contributed by atoms with Crippen molar-refractivity contribution in [3.63, 3.8) is 0 Å². The number of sulfonamides is 1. The Morgan fingerprint density at radius 1 is 1.24 bits per heavy atom. The molecule has 4 rings (SSSR count). The van der Waals surface area contributed by atoms with Gasteiger partial charge in [0.25, 0.3) is 0 Å². The summed E-state index contributed by atoms with van der Waals surface area (Å²) in [6.45, 7) is 1.13. The first-order chi connectivity index (χ1) is 11.9. The van der Waals surface area contributed by atoms with E-state index in [-0.39, 0.29) is 10.0 Å². The summed E-state index contributed by atoms with van der Waals surface area (Å²) in [6, 6.07) is 0. The van der Waals surface area contributed by atoms with Crippen LogP contribution in [0.5, 0.6) is 0 Å². The van der Waals surface area contributed by atoms with Crippen LogP contribution in [0.25, 0.3) is 0 Å². The number of aromatic nitrogens is 4. The largest absolute Gasteiger partial charge is 0.329 e. The third kappa shape index (κ3) is 3.01. The van der Waals surface area contributed by atoms with Gasteiger partial charge < -0.3 is 4.57 Å². The maximum atomic E-state index is 12.9. The van der Waals surface area contributed by atoms with E-state index in [1.807, 2.05) is 24.0 Å². The lowest BCUT2D eigenvalue weighted by atomic mass is 10.0. The number of hydrogen-bond acceptors (Lipinski definition) is 5. The maximum Gasteiger partial charge on any atom is 0.247 e. The van der Waals surface area contributed by atoms with Gasteiger partial charge in [-0.3, -0.25) is 4.68 Å². The Morgan fingerprint density at radius 3 is 2.44 bits per heavy atom. The van der Waals surface area contributed by atoms with Crippen molar-refractivity contribution < 1.29 is 8.42 Å². The van der Waals surface area contributed by atoms with Crippen molar-refractivity contribution in [2.75, 3.05) is 13.1 Å². The molecule has 0 radical (unpaired) electrons. The fourth-order valence-electron chi connectivity index (χ4n) is 3.82. The monoisotopic (exact) mass is 401 g/mol. The number of aryl methyl sites for hydroxylation is 2. The molecule has 2 aromatic heterocycles. The fraction of sp³-hybridized carbons (Fsp3) is 0.600. The summed E-state index contributed by atoms with van der Waals surface area (Å²) >= 11 is 7.89. The van der Waals surface area contributed by atoms with Gasteiger partial charge in [0.15, 0.2) is 5.16 Å². The van der Waals surface area contributed by atoms with E-state index >= 15 is 0 Å². The molecule has 25 heavy (non-hydrogen) atoms. The predicted molar refractivity (Wildman–Crippen MR) is 96.0 cm³/mol. The summed E-state index contributed by atoms with van der Waals surface area (Å²) in [5.41, 5.74) is 0. The molecule has 3 atom stereocenters. The molecule has 136 valence electrons. The van der Waals surface area contributed by atoms with Crippen molar-refractivity contribution >= 4 is 33.4 Å².